The fourth-order valence-electron chi connectivity index (χ4n) is 3.20. The molecular weight excluding hydrogens is 372 g/mol. The molecule has 1 saturated heterocycles. The molecule has 1 aliphatic rings. The van der Waals surface area contributed by atoms with Gasteiger partial charge >= 0.3 is 0 Å². The highest BCUT2D eigenvalue weighted by Gasteiger charge is 2.44. The van der Waals surface area contributed by atoms with Crippen LogP contribution in [0.25, 0.3) is 11.1 Å². The molecule has 27 heavy (non-hydrogen) atoms. The number of nitrogens with one attached hydrogen (secondary N) is 1. The van der Waals surface area contributed by atoms with Crippen LogP contribution in [0.4, 0.5) is 8.78 Å². The number of amides is 1. The first-order valence-corrected chi connectivity index (χ1v) is 8.80. The molecule has 1 aromatic carbocycles. The van der Waals surface area contributed by atoms with Crippen molar-refractivity contribution >= 4 is 23.1 Å². The largest absolute Gasteiger partial charge is 0.495 e. The first-order valence-electron chi connectivity index (χ1n) is 8.39. The van der Waals surface area contributed by atoms with Crippen molar-refractivity contribution in [3.05, 3.63) is 47.8 Å². The summed E-state index contributed by atoms with van der Waals surface area (Å²) in [6.45, 7) is 4.08. The fraction of sp³-hybridized carbons (Fsp3) is 0.316. The van der Waals surface area contributed by atoms with Gasteiger partial charge in [0.25, 0.3) is 5.91 Å². The Kier molecular flexibility index (Phi) is 5.10. The molecule has 0 radical (unpaired) electrons. The summed E-state index contributed by atoms with van der Waals surface area (Å²) < 4.78 is 34.3. The van der Waals surface area contributed by atoms with Crippen molar-refractivity contribution < 1.29 is 18.3 Å². The van der Waals surface area contributed by atoms with E-state index in [1.165, 1.54) is 30.5 Å². The van der Waals surface area contributed by atoms with E-state index in [2.05, 4.69) is 10.3 Å². The molecule has 0 bridgehead atoms. The number of pyridine rings is 1. The zero-order valence-electron chi connectivity index (χ0n) is 15.2. The van der Waals surface area contributed by atoms with E-state index in [0.717, 1.165) is 6.07 Å². The monoisotopic (exact) mass is 391 g/mol. The average Bonchev–Trinajstić information content (AvgIpc) is 2.64. The highest BCUT2D eigenvalue weighted by molar-refractivity contribution is 7.80. The van der Waals surface area contributed by atoms with Gasteiger partial charge in [-0.3, -0.25) is 9.78 Å². The van der Waals surface area contributed by atoms with Crippen molar-refractivity contribution in [1.82, 2.24) is 15.2 Å². The van der Waals surface area contributed by atoms with Crippen molar-refractivity contribution in [2.24, 2.45) is 0 Å². The van der Waals surface area contributed by atoms with Crippen molar-refractivity contribution in [3.8, 4) is 16.9 Å². The van der Waals surface area contributed by atoms with Gasteiger partial charge in [0, 0.05) is 35.5 Å². The number of ether oxygens (including phenoxy) is 1. The zero-order chi connectivity index (χ0) is 19.8. The lowest BCUT2D eigenvalue weighted by Gasteiger charge is -2.41. The Morgan fingerprint density at radius 3 is 2.70 bits per heavy atom. The third kappa shape index (κ3) is 3.37. The van der Waals surface area contributed by atoms with E-state index >= 15 is 0 Å². The second-order valence-electron chi connectivity index (χ2n) is 6.42. The molecule has 5 nitrogen and oxygen atoms in total. The minimum Gasteiger partial charge on any atom is -0.495 e. The first kappa shape index (κ1) is 19.2. The van der Waals surface area contributed by atoms with Crippen LogP contribution in [-0.4, -0.2) is 41.0 Å². The van der Waals surface area contributed by atoms with Gasteiger partial charge in [0.1, 0.15) is 22.9 Å². The van der Waals surface area contributed by atoms with Crippen LogP contribution in [-0.2, 0) is 10.3 Å². The molecule has 2 heterocycles. The molecule has 0 spiro atoms. The van der Waals surface area contributed by atoms with Gasteiger partial charge < -0.3 is 15.0 Å². The van der Waals surface area contributed by atoms with Crippen LogP contribution in [0.5, 0.6) is 5.75 Å². The van der Waals surface area contributed by atoms with E-state index in [-0.39, 0.29) is 23.6 Å². The number of likely N-dealkylation sites (N-methyl/N-ethyl adjacent to an activating group) is 1. The van der Waals surface area contributed by atoms with Crippen LogP contribution >= 0.6 is 12.2 Å². The summed E-state index contributed by atoms with van der Waals surface area (Å²) in [6.07, 6.45) is 2.93. The van der Waals surface area contributed by atoms with Crippen LogP contribution in [0, 0.1) is 11.6 Å². The second kappa shape index (κ2) is 7.19. The molecule has 1 amide bonds. The molecule has 3 rings (SSSR count). The molecule has 1 aliphatic heterocycles. The van der Waals surface area contributed by atoms with E-state index in [4.69, 9.17) is 17.0 Å². The predicted molar refractivity (Wildman–Crippen MR) is 101 cm³/mol. The summed E-state index contributed by atoms with van der Waals surface area (Å²) in [6, 6.07) is 3.70. The predicted octanol–water partition coefficient (Wildman–Crippen LogP) is 3.03. The summed E-state index contributed by atoms with van der Waals surface area (Å²) >= 11 is 5.25. The van der Waals surface area contributed by atoms with Gasteiger partial charge in [0.2, 0.25) is 0 Å². The minimum atomic E-state index is -1.43. The van der Waals surface area contributed by atoms with E-state index < -0.39 is 17.2 Å². The van der Waals surface area contributed by atoms with Gasteiger partial charge in [-0.15, -0.1) is 0 Å². The Morgan fingerprint density at radius 1 is 1.30 bits per heavy atom. The number of thiocarbonyl (C=S) groups is 1. The Bertz CT molecular complexity index is 922. The summed E-state index contributed by atoms with van der Waals surface area (Å²) in [5.41, 5.74) is -0.875. The molecule has 1 fully saturated rings. The van der Waals surface area contributed by atoms with Gasteiger partial charge in [-0.2, -0.15) is 0 Å². The number of aromatic nitrogens is 1. The molecule has 1 unspecified atom stereocenters. The summed E-state index contributed by atoms with van der Waals surface area (Å²) in [4.78, 5) is 18.9. The lowest BCUT2D eigenvalue weighted by molar-refractivity contribution is -0.138. The zero-order valence-corrected chi connectivity index (χ0v) is 16.0. The van der Waals surface area contributed by atoms with Crippen LogP contribution in [0.2, 0.25) is 0 Å². The summed E-state index contributed by atoms with van der Waals surface area (Å²) in [5.74, 6) is -1.46. The van der Waals surface area contributed by atoms with Crippen molar-refractivity contribution in [2.45, 2.75) is 19.4 Å². The van der Waals surface area contributed by atoms with Crippen LogP contribution in [0.15, 0.2) is 30.6 Å². The number of carbonyl (C=O) groups is 1. The standard InChI is InChI=1S/C19H19F2N3O2S/c1-4-24-10-17(27)23-19(2,18(24)25)14-6-13(15(20)7-16(14)21)11-5-12(26-3)9-22-8-11/h5-9H,4,10H2,1-3H3,(H,23,27). The smallest absolute Gasteiger partial charge is 0.253 e. The third-order valence-corrected chi connectivity index (χ3v) is 4.91. The summed E-state index contributed by atoms with van der Waals surface area (Å²) in [7, 11) is 1.47. The SMILES string of the molecule is CCN1CC(=S)NC(C)(c2cc(-c3cncc(OC)c3)c(F)cc2F)C1=O. The molecule has 0 aliphatic carbocycles. The minimum absolute atomic E-state index is 0.0206. The van der Waals surface area contributed by atoms with E-state index in [1.54, 1.807) is 13.0 Å². The number of halogens is 2. The van der Waals surface area contributed by atoms with Crippen LogP contribution in [0.3, 0.4) is 0 Å². The quantitative estimate of drug-likeness (QED) is 0.812. The number of hydrogen-bond donors (Lipinski definition) is 1. The first-order chi connectivity index (χ1) is 12.8. The van der Waals surface area contributed by atoms with Gasteiger partial charge in [-0.05, 0) is 26.0 Å². The Hall–Kier alpha value is -2.61. The maximum atomic E-state index is 14.7. The highest BCUT2D eigenvalue weighted by atomic mass is 32.1. The average molecular weight is 391 g/mol. The molecular formula is C19H19F2N3O2S. The summed E-state index contributed by atoms with van der Waals surface area (Å²) in [5, 5.41) is 2.92. The number of nitrogens with zero attached hydrogens (tertiary/aromatic N) is 2. The number of methoxy groups -OCH3 is 1. The Labute approximate surface area is 161 Å². The van der Waals surface area contributed by atoms with Crippen molar-refractivity contribution in [2.75, 3.05) is 20.2 Å². The van der Waals surface area contributed by atoms with Crippen molar-refractivity contribution in [3.63, 3.8) is 0 Å². The number of piperazine rings is 1. The maximum absolute atomic E-state index is 14.7. The van der Waals surface area contributed by atoms with Crippen molar-refractivity contribution in [1.29, 1.82) is 0 Å². The third-order valence-electron chi connectivity index (χ3n) is 4.68. The molecule has 1 atom stereocenters. The van der Waals surface area contributed by atoms with Gasteiger partial charge in [-0.1, -0.05) is 12.2 Å². The molecule has 1 N–H and O–H groups in total. The number of rotatable bonds is 4. The molecule has 0 saturated carbocycles. The number of carbonyl (C=O) groups excluding carboxylic acids is 1. The van der Waals surface area contributed by atoms with Gasteiger partial charge in [0.05, 0.1) is 24.8 Å². The lowest BCUT2D eigenvalue weighted by atomic mass is 9.86. The lowest BCUT2D eigenvalue weighted by Crippen LogP contribution is -2.62. The van der Waals surface area contributed by atoms with Gasteiger partial charge in [0.15, 0.2) is 0 Å². The maximum Gasteiger partial charge on any atom is 0.253 e. The topological polar surface area (TPSA) is 54.5 Å². The molecule has 2 aromatic rings. The number of hydrogen-bond acceptors (Lipinski definition) is 4. The van der Waals surface area contributed by atoms with E-state index in [0.29, 0.717) is 22.8 Å². The fourth-order valence-corrected chi connectivity index (χ4v) is 3.56. The highest BCUT2D eigenvalue weighted by Crippen LogP contribution is 2.34. The van der Waals surface area contributed by atoms with Gasteiger partial charge in [-0.25, -0.2) is 8.78 Å². The molecule has 1 aromatic heterocycles. The molecule has 142 valence electrons. The normalized spacial score (nSPS) is 19.8. The van der Waals surface area contributed by atoms with E-state index in [1.807, 2.05) is 6.92 Å². The number of benzene rings is 1. The van der Waals surface area contributed by atoms with Crippen LogP contribution in [0.1, 0.15) is 19.4 Å². The molecule has 8 heteroatoms. The Morgan fingerprint density at radius 2 is 2.04 bits per heavy atom. The Balaban J connectivity index is 2.16. The second-order valence-corrected chi connectivity index (χ2v) is 6.91. The van der Waals surface area contributed by atoms with Crippen LogP contribution < -0.4 is 10.1 Å². The van der Waals surface area contributed by atoms with E-state index in [9.17, 15) is 13.6 Å².